The van der Waals surface area contributed by atoms with Crippen LogP contribution in [0.2, 0.25) is 0 Å². The number of hydrogen-bond acceptors (Lipinski definition) is 5. The topological polar surface area (TPSA) is 55.0 Å². The Balaban J connectivity index is 2.55. The first-order valence-corrected chi connectivity index (χ1v) is 6.42. The van der Waals surface area contributed by atoms with Gasteiger partial charge in [0.1, 0.15) is 17.0 Å². The molecule has 17 heavy (non-hydrogen) atoms. The summed E-state index contributed by atoms with van der Waals surface area (Å²) in [6, 6.07) is 2.14. The fourth-order valence-electron chi connectivity index (χ4n) is 1.65. The molecule has 0 aromatic carbocycles. The molecule has 2 aromatic rings. The Bertz CT molecular complexity index is 532. The summed E-state index contributed by atoms with van der Waals surface area (Å²) in [5.41, 5.74) is 5.70. The van der Waals surface area contributed by atoms with E-state index in [9.17, 15) is 0 Å². The zero-order valence-electron chi connectivity index (χ0n) is 10.7. The molecular formula is C12H18N4S. The quantitative estimate of drug-likeness (QED) is 0.907. The van der Waals surface area contributed by atoms with Gasteiger partial charge in [-0.15, -0.1) is 11.3 Å². The molecule has 0 saturated carbocycles. The van der Waals surface area contributed by atoms with Gasteiger partial charge in [0.15, 0.2) is 0 Å². The minimum absolute atomic E-state index is 0.114. The van der Waals surface area contributed by atoms with Gasteiger partial charge in [-0.3, -0.25) is 0 Å². The minimum Gasteiger partial charge on any atom is -0.353 e. The molecule has 0 atom stereocenters. The normalized spacial score (nSPS) is 12.1. The summed E-state index contributed by atoms with van der Waals surface area (Å²) in [7, 11) is 2.03. The third kappa shape index (κ3) is 2.12. The molecular weight excluding hydrogens is 232 g/mol. The number of rotatable bonds is 3. The van der Waals surface area contributed by atoms with Gasteiger partial charge in [-0.1, -0.05) is 0 Å². The van der Waals surface area contributed by atoms with Crippen LogP contribution in [0.5, 0.6) is 0 Å². The molecule has 0 aliphatic carbocycles. The molecule has 0 spiro atoms. The van der Waals surface area contributed by atoms with Gasteiger partial charge in [-0.2, -0.15) is 0 Å². The van der Waals surface area contributed by atoms with Crippen molar-refractivity contribution in [2.75, 3.05) is 18.5 Å². The number of nitrogens with two attached hydrogens (primary N) is 1. The van der Waals surface area contributed by atoms with Crippen LogP contribution < -0.4 is 10.6 Å². The monoisotopic (exact) mass is 250 g/mol. The minimum atomic E-state index is -0.114. The van der Waals surface area contributed by atoms with E-state index >= 15 is 0 Å². The summed E-state index contributed by atoms with van der Waals surface area (Å²) < 4.78 is 0. The highest BCUT2D eigenvalue weighted by Gasteiger charge is 2.24. The van der Waals surface area contributed by atoms with E-state index in [1.54, 1.807) is 17.7 Å². The Labute approximate surface area is 105 Å². The van der Waals surface area contributed by atoms with Crippen molar-refractivity contribution in [3.63, 3.8) is 0 Å². The van der Waals surface area contributed by atoms with Gasteiger partial charge in [-0.25, -0.2) is 9.97 Å². The van der Waals surface area contributed by atoms with Crippen LogP contribution in [0, 0.1) is 6.92 Å². The lowest BCUT2D eigenvalue weighted by Crippen LogP contribution is -2.47. The average Bonchev–Trinajstić information content (AvgIpc) is 2.67. The second-order valence-electron chi connectivity index (χ2n) is 4.85. The predicted molar refractivity (Wildman–Crippen MR) is 73.7 cm³/mol. The molecule has 2 heterocycles. The van der Waals surface area contributed by atoms with Crippen molar-refractivity contribution in [1.29, 1.82) is 0 Å². The first-order chi connectivity index (χ1) is 7.95. The van der Waals surface area contributed by atoms with Crippen LogP contribution in [-0.4, -0.2) is 29.1 Å². The van der Waals surface area contributed by atoms with Crippen LogP contribution in [-0.2, 0) is 0 Å². The summed E-state index contributed by atoms with van der Waals surface area (Å²) in [5.74, 6) is 0.954. The SMILES string of the molecule is Cc1cc2c(N(C)C(C)(C)CN)ncnc2s1. The van der Waals surface area contributed by atoms with Crippen molar-refractivity contribution in [2.45, 2.75) is 26.3 Å². The molecule has 4 nitrogen and oxygen atoms in total. The van der Waals surface area contributed by atoms with Crippen molar-refractivity contribution in [3.8, 4) is 0 Å². The van der Waals surface area contributed by atoms with E-state index in [0.29, 0.717) is 6.54 Å². The van der Waals surface area contributed by atoms with Gasteiger partial charge >= 0.3 is 0 Å². The van der Waals surface area contributed by atoms with E-state index in [4.69, 9.17) is 5.73 Å². The zero-order valence-corrected chi connectivity index (χ0v) is 11.5. The zero-order chi connectivity index (χ0) is 12.6. The van der Waals surface area contributed by atoms with Crippen LogP contribution in [0.25, 0.3) is 10.2 Å². The predicted octanol–water partition coefficient (Wildman–Crippen LogP) is 2.17. The Morgan fingerprint density at radius 3 is 2.76 bits per heavy atom. The van der Waals surface area contributed by atoms with Crippen molar-refractivity contribution >= 4 is 27.4 Å². The van der Waals surface area contributed by atoms with Crippen LogP contribution in [0.15, 0.2) is 12.4 Å². The van der Waals surface area contributed by atoms with E-state index in [1.807, 2.05) is 7.05 Å². The number of hydrogen-bond donors (Lipinski definition) is 1. The smallest absolute Gasteiger partial charge is 0.141 e. The molecule has 0 unspecified atom stereocenters. The average molecular weight is 250 g/mol. The fraction of sp³-hybridized carbons (Fsp3) is 0.500. The van der Waals surface area contributed by atoms with Crippen LogP contribution in [0.1, 0.15) is 18.7 Å². The maximum absolute atomic E-state index is 5.81. The maximum atomic E-state index is 5.81. The molecule has 0 radical (unpaired) electrons. The van der Waals surface area contributed by atoms with Gasteiger partial charge in [0.25, 0.3) is 0 Å². The lowest BCUT2D eigenvalue weighted by molar-refractivity contribution is 0.496. The van der Waals surface area contributed by atoms with Crippen molar-refractivity contribution in [3.05, 3.63) is 17.3 Å². The van der Waals surface area contributed by atoms with Gasteiger partial charge in [0.05, 0.1) is 5.39 Å². The summed E-state index contributed by atoms with van der Waals surface area (Å²) in [5, 5.41) is 1.11. The molecule has 2 aromatic heterocycles. The van der Waals surface area contributed by atoms with Crippen LogP contribution >= 0.6 is 11.3 Å². The summed E-state index contributed by atoms with van der Waals surface area (Å²) in [4.78, 5) is 13.1. The van der Waals surface area contributed by atoms with Crippen molar-refractivity contribution in [1.82, 2.24) is 9.97 Å². The Morgan fingerprint density at radius 1 is 1.41 bits per heavy atom. The second kappa shape index (κ2) is 4.23. The van der Waals surface area contributed by atoms with Gasteiger partial charge in [0, 0.05) is 24.0 Å². The van der Waals surface area contributed by atoms with Crippen LogP contribution in [0.4, 0.5) is 5.82 Å². The number of aryl methyl sites for hydroxylation is 1. The summed E-state index contributed by atoms with van der Waals surface area (Å²) >= 11 is 1.69. The number of likely N-dealkylation sites (N-methyl/N-ethyl adjacent to an activating group) is 1. The Morgan fingerprint density at radius 2 is 2.12 bits per heavy atom. The molecule has 92 valence electrons. The van der Waals surface area contributed by atoms with Gasteiger partial charge < -0.3 is 10.6 Å². The number of fused-ring (bicyclic) bond motifs is 1. The third-order valence-electron chi connectivity index (χ3n) is 3.16. The molecule has 2 rings (SSSR count). The highest BCUT2D eigenvalue weighted by atomic mass is 32.1. The van der Waals surface area contributed by atoms with Gasteiger partial charge in [-0.05, 0) is 26.8 Å². The number of aromatic nitrogens is 2. The first-order valence-electron chi connectivity index (χ1n) is 5.61. The number of nitrogens with zero attached hydrogens (tertiary/aromatic N) is 3. The molecule has 0 aliphatic rings. The lowest BCUT2D eigenvalue weighted by atomic mass is 10.0. The third-order valence-corrected chi connectivity index (χ3v) is 4.12. The molecule has 0 saturated heterocycles. The highest BCUT2D eigenvalue weighted by Crippen LogP contribution is 2.31. The van der Waals surface area contributed by atoms with E-state index in [0.717, 1.165) is 16.0 Å². The maximum Gasteiger partial charge on any atom is 0.141 e. The Kier molecular flexibility index (Phi) is 3.05. The standard InChI is InChI=1S/C12H18N4S/c1-8-5-9-10(14-7-15-11(9)17-8)16(4)12(2,3)6-13/h5,7H,6,13H2,1-4H3. The molecule has 0 bridgehead atoms. The molecule has 5 heteroatoms. The van der Waals surface area contributed by atoms with Crippen molar-refractivity contribution in [2.24, 2.45) is 5.73 Å². The highest BCUT2D eigenvalue weighted by molar-refractivity contribution is 7.18. The van der Waals surface area contributed by atoms with E-state index in [2.05, 4.69) is 41.7 Å². The molecule has 0 amide bonds. The molecule has 0 aliphatic heterocycles. The largest absolute Gasteiger partial charge is 0.353 e. The van der Waals surface area contributed by atoms with E-state index in [-0.39, 0.29) is 5.54 Å². The summed E-state index contributed by atoms with van der Waals surface area (Å²) in [6.07, 6.45) is 1.62. The van der Waals surface area contributed by atoms with E-state index < -0.39 is 0 Å². The fourth-order valence-corrected chi connectivity index (χ4v) is 2.50. The lowest BCUT2D eigenvalue weighted by Gasteiger charge is -2.35. The molecule has 0 fully saturated rings. The first kappa shape index (κ1) is 12.3. The van der Waals surface area contributed by atoms with Crippen molar-refractivity contribution < 1.29 is 0 Å². The summed E-state index contributed by atoms with van der Waals surface area (Å²) in [6.45, 7) is 6.89. The number of anilines is 1. The Hall–Kier alpha value is -1.20. The second-order valence-corrected chi connectivity index (χ2v) is 6.08. The van der Waals surface area contributed by atoms with Crippen LogP contribution in [0.3, 0.4) is 0 Å². The van der Waals surface area contributed by atoms with E-state index in [1.165, 1.54) is 4.88 Å². The molecule has 2 N–H and O–H groups in total. The number of thiophene rings is 1. The van der Waals surface area contributed by atoms with Gasteiger partial charge in [0.2, 0.25) is 0 Å².